The second kappa shape index (κ2) is 4.75. The van der Waals surface area contributed by atoms with Crippen molar-refractivity contribution in [3.63, 3.8) is 0 Å². The average molecular weight is 147 g/mol. The molecule has 58 valence electrons. The topological polar surface area (TPSA) is 78.6 Å². The van der Waals surface area contributed by atoms with E-state index in [9.17, 15) is 9.59 Å². The average Bonchev–Trinajstić information content (AvgIpc) is 1.87. The largest absolute Gasteiger partial charge is 0.467 e. The van der Waals surface area contributed by atoms with Gasteiger partial charge in [0.2, 0.25) is 5.91 Å². The summed E-state index contributed by atoms with van der Waals surface area (Å²) in [5.74, 6) is -1.13. The van der Waals surface area contributed by atoms with Gasteiger partial charge in [-0.05, 0) is 0 Å². The van der Waals surface area contributed by atoms with Gasteiger partial charge in [0.1, 0.15) is 13.2 Å². The second-order valence-electron chi connectivity index (χ2n) is 1.54. The Morgan fingerprint density at radius 2 is 2.00 bits per heavy atom. The molecule has 0 saturated carbocycles. The number of amides is 1. The fraction of sp³-hybridized carbons (Fsp3) is 0.600. The summed E-state index contributed by atoms with van der Waals surface area (Å²) in [6, 6.07) is 0. The van der Waals surface area contributed by atoms with E-state index >= 15 is 0 Å². The molecule has 0 unspecified atom stereocenters. The zero-order valence-electron chi connectivity index (χ0n) is 5.62. The Labute approximate surface area is 58.1 Å². The van der Waals surface area contributed by atoms with Crippen LogP contribution in [0.5, 0.6) is 0 Å². The maximum absolute atomic E-state index is 10.3. The molecule has 0 aromatic heterocycles. The molecule has 0 aliphatic carbocycles. The molecule has 5 heteroatoms. The van der Waals surface area contributed by atoms with E-state index < -0.39 is 11.9 Å². The molecule has 5 nitrogen and oxygen atoms in total. The van der Waals surface area contributed by atoms with E-state index in [0.717, 1.165) is 0 Å². The number of carbonyl (C=O) groups is 2. The minimum atomic E-state index is -0.607. The number of rotatable bonds is 4. The number of nitrogens with two attached hydrogens (primary N) is 1. The molecule has 2 N–H and O–H groups in total. The van der Waals surface area contributed by atoms with Crippen molar-refractivity contribution in [1.82, 2.24) is 0 Å². The van der Waals surface area contributed by atoms with Crippen LogP contribution in [0.2, 0.25) is 0 Å². The SMILES string of the molecule is COC(=O)COCC(N)=O. The molecule has 0 aromatic carbocycles. The van der Waals surface area contributed by atoms with Crippen molar-refractivity contribution in [2.45, 2.75) is 0 Å². The van der Waals surface area contributed by atoms with Crippen LogP contribution in [0, 0.1) is 0 Å². The number of esters is 1. The van der Waals surface area contributed by atoms with Crippen LogP contribution < -0.4 is 5.73 Å². The third-order valence-corrected chi connectivity index (χ3v) is 0.692. The Hall–Kier alpha value is -1.10. The van der Waals surface area contributed by atoms with Gasteiger partial charge in [0.05, 0.1) is 7.11 Å². The molecule has 0 radical (unpaired) electrons. The van der Waals surface area contributed by atoms with Crippen molar-refractivity contribution >= 4 is 11.9 Å². The smallest absolute Gasteiger partial charge is 0.331 e. The molecule has 0 aromatic rings. The summed E-state index contributed by atoms with van der Waals surface area (Å²) in [6.07, 6.45) is 0. The number of hydrogen-bond donors (Lipinski definition) is 1. The van der Waals surface area contributed by atoms with Crippen molar-refractivity contribution in [2.75, 3.05) is 20.3 Å². The first kappa shape index (κ1) is 8.90. The Kier molecular flexibility index (Phi) is 4.23. The molecule has 0 heterocycles. The first-order valence-corrected chi connectivity index (χ1v) is 2.59. The van der Waals surface area contributed by atoms with Crippen LogP contribution >= 0.6 is 0 Å². The monoisotopic (exact) mass is 147 g/mol. The fourth-order valence-corrected chi connectivity index (χ4v) is 0.294. The highest BCUT2D eigenvalue weighted by molar-refractivity contribution is 5.76. The lowest BCUT2D eigenvalue weighted by atomic mass is 10.6. The van der Waals surface area contributed by atoms with Crippen molar-refractivity contribution < 1.29 is 19.1 Å². The number of carbonyl (C=O) groups excluding carboxylic acids is 2. The third-order valence-electron chi connectivity index (χ3n) is 0.692. The summed E-state index contributed by atoms with van der Waals surface area (Å²) in [7, 11) is 1.23. The minimum Gasteiger partial charge on any atom is -0.467 e. The van der Waals surface area contributed by atoms with Crippen LogP contribution in [0.15, 0.2) is 0 Å². The second-order valence-corrected chi connectivity index (χ2v) is 1.54. The first-order chi connectivity index (χ1) is 4.66. The van der Waals surface area contributed by atoms with E-state index in [2.05, 4.69) is 9.47 Å². The van der Waals surface area contributed by atoms with Gasteiger partial charge in [-0.1, -0.05) is 0 Å². The van der Waals surface area contributed by atoms with Crippen molar-refractivity contribution in [1.29, 1.82) is 0 Å². The summed E-state index contributed by atoms with van der Waals surface area (Å²) in [4.78, 5) is 20.3. The molecule has 0 aliphatic heterocycles. The van der Waals surface area contributed by atoms with E-state index in [1.807, 2.05) is 0 Å². The predicted octanol–water partition coefficient (Wildman–Crippen LogP) is -1.34. The number of ether oxygens (including phenoxy) is 2. The fourth-order valence-electron chi connectivity index (χ4n) is 0.294. The summed E-state index contributed by atoms with van der Waals surface area (Å²) in [5, 5.41) is 0. The zero-order valence-corrected chi connectivity index (χ0v) is 5.62. The van der Waals surface area contributed by atoms with E-state index in [4.69, 9.17) is 5.73 Å². The molecule has 0 spiro atoms. The molecule has 0 aliphatic rings. The third kappa shape index (κ3) is 5.04. The summed E-state index contributed by atoms with van der Waals surface area (Å²) < 4.78 is 8.71. The van der Waals surface area contributed by atoms with Gasteiger partial charge in [0.15, 0.2) is 0 Å². The maximum Gasteiger partial charge on any atom is 0.331 e. The molecule has 0 fully saturated rings. The van der Waals surface area contributed by atoms with Crippen LogP contribution in [0.4, 0.5) is 0 Å². The lowest BCUT2D eigenvalue weighted by Crippen LogP contribution is -2.21. The lowest BCUT2D eigenvalue weighted by molar-refractivity contribution is -0.146. The van der Waals surface area contributed by atoms with Crippen molar-refractivity contribution in [3.05, 3.63) is 0 Å². The summed E-state index contributed by atoms with van der Waals surface area (Å²) in [6.45, 7) is -0.492. The van der Waals surface area contributed by atoms with Crippen LogP contribution in [-0.4, -0.2) is 32.2 Å². The van der Waals surface area contributed by atoms with Crippen molar-refractivity contribution in [2.24, 2.45) is 5.73 Å². The molecule has 0 saturated heterocycles. The van der Waals surface area contributed by atoms with Gasteiger partial charge in [0, 0.05) is 0 Å². The number of primary amides is 1. The van der Waals surface area contributed by atoms with Gasteiger partial charge in [0.25, 0.3) is 0 Å². The first-order valence-electron chi connectivity index (χ1n) is 2.59. The Balaban J connectivity index is 3.20. The van der Waals surface area contributed by atoms with Gasteiger partial charge < -0.3 is 15.2 Å². The Morgan fingerprint density at radius 3 is 2.40 bits per heavy atom. The normalized spacial score (nSPS) is 8.90. The highest BCUT2D eigenvalue weighted by Gasteiger charge is 2.00. The maximum atomic E-state index is 10.3. The van der Waals surface area contributed by atoms with Gasteiger partial charge in [-0.2, -0.15) is 0 Å². The Bertz CT molecular complexity index is 134. The molecule has 1 amide bonds. The van der Waals surface area contributed by atoms with E-state index in [1.165, 1.54) is 7.11 Å². The molecular weight excluding hydrogens is 138 g/mol. The molecule has 10 heavy (non-hydrogen) atoms. The molecule has 0 bridgehead atoms. The van der Waals surface area contributed by atoms with Crippen LogP contribution in [-0.2, 0) is 19.1 Å². The van der Waals surface area contributed by atoms with Crippen LogP contribution in [0.3, 0.4) is 0 Å². The lowest BCUT2D eigenvalue weighted by Gasteiger charge is -1.97. The van der Waals surface area contributed by atoms with E-state index in [1.54, 1.807) is 0 Å². The Morgan fingerprint density at radius 1 is 1.40 bits per heavy atom. The van der Waals surface area contributed by atoms with E-state index in [-0.39, 0.29) is 13.2 Å². The van der Waals surface area contributed by atoms with Crippen LogP contribution in [0.1, 0.15) is 0 Å². The number of hydrogen-bond acceptors (Lipinski definition) is 4. The number of methoxy groups -OCH3 is 1. The molecular formula is C5H9NO4. The predicted molar refractivity (Wildman–Crippen MR) is 32.0 cm³/mol. The zero-order chi connectivity index (χ0) is 7.98. The highest BCUT2D eigenvalue weighted by Crippen LogP contribution is 1.76. The summed E-state index contributed by atoms with van der Waals surface area (Å²) >= 11 is 0. The molecule has 0 rings (SSSR count). The van der Waals surface area contributed by atoms with Crippen molar-refractivity contribution in [3.8, 4) is 0 Å². The van der Waals surface area contributed by atoms with E-state index in [0.29, 0.717) is 0 Å². The molecule has 0 atom stereocenters. The van der Waals surface area contributed by atoms with Gasteiger partial charge >= 0.3 is 5.97 Å². The van der Waals surface area contributed by atoms with Gasteiger partial charge in [-0.25, -0.2) is 4.79 Å². The standard InChI is InChI=1S/C5H9NO4/c1-9-5(8)3-10-2-4(6)7/h2-3H2,1H3,(H2,6,7). The minimum absolute atomic E-state index is 0.237. The highest BCUT2D eigenvalue weighted by atomic mass is 16.6. The van der Waals surface area contributed by atoms with Crippen LogP contribution in [0.25, 0.3) is 0 Å². The summed E-state index contributed by atoms with van der Waals surface area (Å²) in [5.41, 5.74) is 4.70. The van der Waals surface area contributed by atoms with Gasteiger partial charge in [-0.3, -0.25) is 4.79 Å². The van der Waals surface area contributed by atoms with Gasteiger partial charge in [-0.15, -0.1) is 0 Å². The quantitative estimate of drug-likeness (QED) is 0.499.